The summed E-state index contributed by atoms with van der Waals surface area (Å²) in [7, 11) is -3.56. The minimum Gasteiger partial charge on any atom is -0.346 e. The highest BCUT2D eigenvalue weighted by atomic mass is 32.2. The van der Waals surface area contributed by atoms with Gasteiger partial charge >= 0.3 is 0 Å². The fourth-order valence-electron chi connectivity index (χ4n) is 3.22. The van der Waals surface area contributed by atoms with Crippen molar-refractivity contribution in [2.24, 2.45) is 5.92 Å². The maximum atomic E-state index is 13.3. The molecule has 5 heteroatoms. The van der Waals surface area contributed by atoms with Gasteiger partial charge in [-0.1, -0.05) is 61.9 Å². The molecule has 0 spiro atoms. The standard InChI is InChI=1S/C23H28N2O2S/c1-19(2)16-25(28(26,27)23-13-11-20(3)12-14-23)18-22-10-7-15-24(22)17-21-8-5-4-6-9-21/h4-15,19H,16-18H2,1-3H3. The van der Waals surface area contributed by atoms with Crippen molar-refractivity contribution in [2.75, 3.05) is 6.54 Å². The van der Waals surface area contributed by atoms with Gasteiger partial charge in [0.05, 0.1) is 11.4 Å². The highest BCUT2D eigenvalue weighted by Crippen LogP contribution is 2.21. The van der Waals surface area contributed by atoms with E-state index in [4.69, 9.17) is 0 Å². The number of aromatic nitrogens is 1. The third-order valence-electron chi connectivity index (χ3n) is 4.69. The highest BCUT2D eigenvalue weighted by Gasteiger charge is 2.26. The number of hydrogen-bond donors (Lipinski definition) is 0. The minimum absolute atomic E-state index is 0.234. The number of rotatable bonds is 8. The first kappa shape index (κ1) is 20.4. The van der Waals surface area contributed by atoms with Crippen molar-refractivity contribution < 1.29 is 8.42 Å². The van der Waals surface area contributed by atoms with Crippen LogP contribution in [-0.4, -0.2) is 23.8 Å². The molecule has 3 rings (SSSR count). The van der Waals surface area contributed by atoms with Crippen LogP contribution in [0.5, 0.6) is 0 Å². The first-order chi connectivity index (χ1) is 13.4. The van der Waals surface area contributed by atoms with E-state index in [1.807, 2.05) is 69.4 Å². The molecule has 0 saturated carbocycles. The fourth-order valence-corrected chi connectivity index (χ4v) is 4.80. The molecule has 0 radical (unpaired) electrons. The van der Waals surface area contributed by atoms with Crippen LogP contribution in [0.2, 0.25) is 0 Å². The van der Waals surface area contributed by atoms with E-state index in [0.717, 1.165) is 17.8 Å². The quantitative estimate of drug-likeness (QED) is 0.554. The van der Waals surface area contributed by atoms with Crippen LogP contribution in [-0.2, 0) is 23.1 Å². The normalized spacial score (nSPS) is 12.0. The van der Waals surface area contributed by atoms with Crippen LogP contribution in [0.4, 0.5) is 0 Å². The first-order valence-electron chi connectivity index (χ1n) is 9.61. The summed E-state index contributed by atoms with van der Waals surface area (Å²) in [5, 5.41) is 0. The smallest absolute Gasteiger partial charge is 0.243 e. The molecule has 2 aromatic carbocycles. The van der Waals surface area contributed by atoms with Gasteiger partial charge in [0, 0.05) is 25.0 Å². The number of nitrogens with zero attached hydrogens (tertiary/aromatic N) is 2. The van der Waals surface area contributed by atoms with Gasteiger partial charge in [0.15, 0.2) is 0 Å². The minimum atomic E-state index is -3.56. The van der Waals surface area contributed by atoms with Gasteiger partial charge in [0.1, 0.15) is 0 Å². The van der Waals surface area contributed by atoms with Gasteiger partial charge in [0.2, 0.25) is 10.0 Å². The summed E-state index contributed by atoms with van der Waals surface area (Å²) in [4.78, 5) is 0.347. The predicted molar refractivity (Wildman–Crippen MR) is 114 cm³/mol. The molecule has 0 bridgehead atoms. The number of aryl methyl sites for hydroxylation is 1. The second-order valence-corrected chi connectivity index (χ2v) is 9.56. The maximum absolute atomic E-state index is 13.3. The van der Waals surface area contributed by atoms with Gasteiger partial charge in [0.25, 0.3) is 0 Å². The van der Waals surface area contributed by atoms with Crippen LogP contribution < -0.4 is 0 Å². The van der Waals surface area contributed by atoms with Crippen LogP contribution in [0, 0.1) is 12.8 Å². The molecule has 0 N–H and O–H groups in total. The average Bonchev–Trinajstić information content (AvgIpc) is 3.09. The summed E-state index contributed by atoms with van der Waals surface area (Å²) >= 11 is 0. The largest absolute Gasteiger partial charge is 0.346 e. The Morgan fingerprint density at radius 3 is 2.25 bits per heavy atom. The summed E-state index contributed by atoms with van der Waals surface area (Å²) in [6, 6.07) is 21.3. The molecular formula is C23H28N2O2S. The Balaban J connectivity index is 1.88. The molecule has 0 unspecified atom stereocenters. The molecule has 0 atom stereocenters. The van der Waals surface area contributed by atoms with Crippen molar-refractivity contribution in [3.8, 4) is 0 Å². The van der Waals surface area contributed by atoms with Gasteiger partial charge in [-0.05, 0) is 42.7 Å². The Labute approximate surface area is 168 Å². The molecule has 28 heavy (non-hydrogen) atoms. The Kier molecular flexibility index (Phi) is 6.37. The zero-order chi connectivity index (χ0) is 20.1. The topological polar surface area (TPSA) is 42.3 Å². The van der Waals surface area contributed by atoms with E-state index in [9.17, 15) is 8.42 Å². The number of hydrogen-bond acceptors (Lipinski definition) is 2. The molecule has 3 aromatic rings. The lowest BCUT2D eigenvalue weighted by Gasteiger charge is -2.25. The van der Waals surface area contributed by atoms with E-state index in [1.54, 1.807) is 16.4 Å². The van der Waals surface area contributed by atoms with Crippen molar-refractivity contribution in [1.82, 2.24) is 8.87 Å². The lowest BCUT2D eigenvalue weighted by molar-refractivity contribution is 0.354. The molecule has 0 aliphatic rings. The van der Waals surface area contributed by atoms with Crippen LogP contribution in [0.3, 0.4) is 0 Å². The van der Waals surface area contributed by atoms with Gasteiger partial charge < -0.3 is 4.57 Å². The van der Waals surface area contributed by atoms with Crippen molar-refractivity contribution in [3.63, 3.8) is 0 Å². The molecule has 148 valence electrons. The molecule has 1 aromatic heterocycles. The Morgan fingerprint density at radius 2 is 1.61 bits per heavy atom. The monoisotopic (exact) mass is 396 g/mol. The fraction of sp³-hybridized carbons (Fsp3) is 0.304. The molecule has 0 aliphatic carbocycles. The summed E-state index contributed by atoms with van der Waals surface area (Å²) < 4.78 is 30.3. The first-order valence-corrected chi connectivity index (χ1v) is 11.0. The Hall–Kier alpha value is -2.37. The lowest BCUT2D eigenvalue weighted by Crippen LogP contribution is -2.34. The van der Waals surface area contributed by atoms with Gasteiger partial charge in [-0.3, -0.25) is 0 Å². The zero-order valence-electron chi connectivity index (χ0n) is 16.7. The van der Waals surface area contributed by atoms with E-state index >= 15 is 0 Å². The third kappa shape index (κ3) is 4.91. The summed E-state index contributed by atoms with van der Waals surface area (Å²) in [6.07, 6.45) is 2.01. The molecule has 0 amide bonds. The molecule has 0 fully saturated rings. The number of benzene rings is 2. The molecule has 0 saturated heterocycles. The van der Waals surface area contributed by atoms with Crippen molar-refractivity contribution >= 4 is 10.0 Å². The van der Waals surface area contributed by atoms with E-state index < -0.39 is 10.0 Å². The average molecular weight is 397 g/mol. The summed E-state index contributed by atoms with van der Waals surface area (Å²) in [5.41, 5.74) is 3.23. The highest BCUT2D eigenvalue weighted by molar-refractivity contribution is 7.89. The summed E-state index contributed by atoms with van der Waals surface area (Å²) in [5.74, 6) is 0.234. The zero-order valence-corrected chi connectivity index (χ0v) is 17.6. The molecule has 4 nitrogen and oxygen atoms in total. The van der Waals surface area contributed by atoms with E-state index in [-0.39, 0.29) is 5.92 Å². The van der Waals surface area contributed by atoms with Crippen LogP contribution in [0.15, 0.2) is 77.8 Å². The second-order valence-electron chi connectivity index (χ2n) is 7.62. The number of sulfonamides is 1. The molecule has 1 heterocycles. The lowest BCUT2D eigenvalue weighted by atomic mass is 10.2. The van der Waals surface area contributed by atoms with E-state index in [2.05, 4.69) is 16.7 Å². The van der Waals surface area contributed by atoms with Crippen LogP contribution in [0.25, 0.3) is 0 Å². The van der Waals surface area contributed by atoms with Crippen molar-refractivity contribution in [3.05, 3.63) is 89.7 Å². The van der Waals surface area contributed by atoms with Crippen LogP contribution in [0.1, 0.15) is 30.7 Å². The molecule has 0 aliphatic heterocycles. The van der Waals surface area contributed by atoms with Gasteiger partial charge in [-0.15, -0.1) is 0 Å². The molecular weight excluding hydrogens is 368 g/mol. The SMILES string of the molecule is Cc1ccc(S(=O)(=O)N(Cc2cccn2Cc2ccccc2)CC(C)C)cc1. The third-order valence-corrected chi connectivity index (χ3v) is 6.51. The van der Waals surface area contributed by atoms with E-state index in [1.165, 1.54) is 5.56 Å². The van der Waals surface area contributed by atoms with E-state index in [0.29, 0.717) is 18.0 Å². The Bertz CT molecular complexity index is 991. The maximum Gasteiger partial charge on any atom is 0.243 e. The van der Waals surface area contributed by atoms with Crippen molar-refractivity contribution in [2.45, 2.75) is 38.8 Å². The van der Waals surface area contributed by atoms with Crippen molar-refractivity contribution in [1.29, 1.82) is 0 Å². The second kappa shape index (κ2) is 8.76. The summed E-state index contributed by atoms with van der Waals surface area (Å²) in [6.45, 7) is 7.60. The van der Waals surface area contributed by atoms with Gasteiger partial charge in [-0.25, -0.2) is 8.42 Å². The van der Waals surface area contributed by atoms with Crippen LogP contribution >= 0.6 is 0 Å². The van der Waals surface area contributed by atoms with Gasteiger partial charge in [-0.2, -0.15) is 4.31 Å². The predicted octanol–water partition coefficient (Wildman–Crippen LogP) is 4.69. The Morgan fingerprint density at radius 1 is 0.929 bits per heavy atom.